The van der Waals surface area contributed by atoms with E-state index in [2.05, 4.69) is 0 Å². The summed E-state index contributed by atoms with van der Waals surface area (Å²) in [5.74, 6) is -1.07. The molecule has 0 aromatic rings. The van der Waals surface area contributed by atoms with Crippen molar-refractivity contribution in [3.63, 3.8) is 0 Å². The van der Waals surface area contributed by atoms with Gasteiger partial charge >= 0.3 is 12.0 Å². The largest absolute Gasteiger partial charge is 0.481 e. The fraction of sp³-hybridized carbons (Fsp3) is 0.846. The SMILES string of the molecule is COCCN(C(=O)N1CCC(C(=O)O)CC1)C(C)C. The predicted octanol–water partition coefficient (Wildman–Crippen LogP) is 1.26. The molecule has 1 rings (SSSR count). The standard InChI is InChI=1S/C13H24N2O4/c1-10(2)15(8-9-19-3)13(18)14-6-4-11(5-7-14)12(16)17/h10-11H,4-9H2,1-3H3,(H,16,17). The summed E-state index contributed by atoms with van der Waals surface area (Å²) in [6.07, 6.45) is 1.08. The van der Waals surface area contributed by atoms with Crippen LogP contribution in [0.25, 0.3) is 0 Å². The molecule has 0 spiro atoms. The van der Waals surface area contributed by atoms with Gasteiger partial charge in [-0.3, -0.25) is 4.79 Å². The van der Waals surface area contributed by atoms with Crippen LogP contribution in [0.15, 0.2) is 0 Å². The van der Waals surface area contributed by atoms with Gasteiger partial charge in [0.05, 0.1) is 12.5 Å². The van der Waals surface area contributed by atoms with Gasteiger partial charge < -0.3 is 19.6 Å². The van der Waals surface area contributed by atoms with Crippen molar-refractivity contribution in [1.82, 2.24) is 9.80 Å². The maximum absolute atomic E-state index is 12.4. The van der Waals surface area contributed by atoms with Gasteiger partial charge in [0.1, 0.15) is 0 Å². The van der Waals surface area contributed by atoms with E-state index in [1.165, 1.54) is 0 Å². The van der Waals surface area contributed by atoms with Crippen LogP contribution < -0.4 is 0 Å². The van der Waals surface area contributed by atoms with E-state index in [0.29, 0.717) is 39.1 Å². The second-order valence-electron chi connectivity index (χ2n) is 5.16. The molecule has 0 aromatic carbocycles. The van der Waals surface area contributed by atoms with E-state index in [1.807, 2.05) is 13.8 Å². The van der Waals surface area contributed by atoms with E-state index in [4.69, 9.17) is 9.84 Å². The zero-order valence-corrected chi connectivity index (χ0v) is 12.0. The van der Waals surface area contributed by atoms with E-state index in [-0.39, 0.29) is 18.0 Å². The van der Waals surface area contributed by atoms with E-state index >= 15 is 0 Å². The Hall–Kier alpha value is -1.30. The van der Waals surface area contributed by atoms with Gasteiger partial charge in [0.25, 0.3) is 0 Å². The highest BCUT2D eigenvalue weighted by atomic mass is 16.5. The number of rotatable bonds is 5. The van der Waals surface area contributed by atoms with Crippen LogP contribution in [-0.4, -0.2) is 66.3 Å². The maximum atomic E-state index is 12.4. The first-order valence-electron chi connectivity index (χ1n) is 6.74. The smallest absolute Gasteiger partial charge is 0.320 e. The van der Waals surface area contributed by atoms with Crippen LogP contribution in [0.4, 0.5) is 4.79 Å². The minimum absolute atomic E-state index is 0.0177. The van der Waals surface area contributed by atoms with E-state index in [0.717, 1.165) is 0 Å². The first-order chi connectivity index (χ1) is 8.97. The van der Waals surface area contributed by atoms with E-state index in [1.54, 1.807) is 16.9 Å². The van der Waals surface area contributed by atoms with Gasteiger partial charge in [-0.15, -0.1) is 0 Å². The van der Waals surface area contributed by atoms with Crippen LogP contribution in [0.3, 0.4) is 0 Å². The lowest BCUT2D eigenvalue weighted by Gasteiger charge is -2.36. The van der Waals surface area contributed by atoms with Crippen molar-refractivity contribution in [3.05, 3.63) is 0 Å². The minimum Gasteiger partial charge on any atom is -0.481 e. The van der Waals surface area contributed by atoms with E-state index < -0.39 is 5.97 Å². The fourth-order valence-electron chi connectivity index (χ4n) is 2.26. The zero-order valence-electron chi connectivity index (χ0n) is 12.0. The molecule has 19 heavy (non-hydrogen) atoms. The van der Waals surface area contributed by atoms with Crippen molar-refractivity contribution < 1.29 is 19.4 Å². The Morgan fingerprint density at radius 2 is 1.95 bits per heavy atom. The van der Waals surface area contributed by atoms with Crippen LogP contribution >= 0.6 is 0 Å². The second-order valence-corrected chi connectivity index (χ2v) is 5.16. The second kappa shape index (κ2) is 7.33. The molecule has 0 aromatic heterocycles. The van der Waals surface area contributed by atoms with Crippen LogP contribution in [0.1, 0.15) is 26.7 Å². The Balaban J connectivity index is 2.54. The molecular weight excluding hydrogens is 248 g/mol. The van der Waals surface area contributed by atoms with Crippen LogP contribution in [-0.2, 0) is 9.53 Å². The van der Waals surface area contributed by atoms with Gasteiger partial charge in [-0.25, -0.2) is 4.79 Å². The Morgan fingerprint density at radius 3 is 2.37 bits per heavy atom. The Labute approximate surface area is 114 Å². The first kappa shape index (κ1) is 15.8. The summed E-state index contributed by atoms with van der Waals surface area (Å²) in [4.78, 5) is 26.8. The summed E-state index contributed by atoms with van der Waals surface area (Å²) in [5, 5.41) is 8.95. The van der Waals surface area contributed by atoms with E-state index in [9.17, 15) is 9.59 Å². The van der Waals surface area contributed by atoms with Crippen molar-refractivity contribution in [2.45, 2.75) is 32.7 Å². The number of likely N-dealkylation sites (tertiary alicyclic amines) is 1. The lowest BCUT2D eigenvalue weighted by molar-refractivity contribution is -0.143. The minimum atomic E-state index is -0.757. The third-order valence-electron chi connectivity index (χ3n) is 3.52. The number of hydrogen-bond acceptors (Lipinski definition) is 3. The molecule has 0 atom stereocenters. The summed E-state index contributed by atoms with van der Waals surface area (Å²) in [7, 11) is 1.61. The van der Waals surface area contributed by atoms with Crippen molar-refractivity contribution in [1.29, 1.82) is 0 Å². The molecule has 1 aliphatic heterocycles. The maximum Gasteiger partial charge on any atom is 0.320 e. The van der Waals surface area contributed by atoms with Crippen molar-refractivity contribution >= 4 is 12.0 Å². The molecule has 1 fully saturated rings. The van der Waals surface area contributed by atoms with Gasteiger partial charge in [-0.1, -0.05) is 0 Å². The summed E-state index contributed by atoms with van der Waals surface area (Å²) >= 11 is 0. The number of methoxy groups -OCH3 is 1. The number of ether oxygens (including phenoxy) is 1. The van der Waals surface area contributed by atoms with Gasteiger partial charge in [-0.2, -0.15) is 0 Å². The highest BCUT2D eigenvalue weighted by molar-refractivity contribution is 5.75. The quantitative estimate of drug-likeness (QED) is 0.818. The monoisotopic (exact) mass is 272 g/mol. The number of carboxylic acids is 1. The molecule has 6 heteroatoms. The predicted molar refractivity (Wildman–Crippen MR) is 71.0 cm³/mol. The van der Waals surface area contributed by atoms with Crippen LogP contribution in [0, 0.1) is 5.92 Å². The molecule has 1 saturated heterocycles. The Kier molecular flexibility index (Phi) is 6.08. The van der Waals surface area contributed by atoms with Gasteiger partial charge in [0, 0.05) is 32.8 Å². The number of nitrogens with zero attached hydrogens (tertiary/aromatic N) is 2. The summed E-state index contributed by atoms with van der Waals surface area (Å²) in [6.45, 7) is 6.05. The fourth-order valence-corrected chi connectivity index (χ4v) is 2.26. The van der Waals surface area contributed by atoms with Gasteiger partial charge in [0.2, 0.25) is 0 Å². The first-order valence-corrected chi connectivity index (χ1v) is 6.74. The van der Waals surface area contributed by atoms with Crippen LogP contribution in [0.5, 0.6) is 0 Å². The number of carbonyl (C=O) groups is 2. The molecule has 1 heterocycles. The molecule has 0 unspecified atom stereocenters. The highest BCUT2D eigenvalue weighted by Crippen LogP contribution is 2.19. The molecule has 0 saturated carbocycles. The number of carbonyl (C=O) groups excluding carboxylic acids is 1. The zero-order chi connectivity index (χ0) is 14.4. The Bertz CT molecular complexity index is 312. The molecule has 0 aliphatic carbocycles. The molecule has 1 aliphatic rings. The topological polar surface area (TPSA) is 70.1 Å². The average molecular weight is 272 g/mol. The lowest BCUT2D eigenvalue weighted by Crippen LogP contribution is -2.50. The summed E-state index contributed by atoms with van der Waals surface area (Å²) in [5.41, 5.74) is 0. The Morgan fingerprint density at radius 1 is 1.37 bits per heavy atom. The number of hydrogen-bond donors (Lipinski definition) is 1. The van der Waals surface area contributed by atoms with Gasteiger partial charge in [0.15, 0.2) is 0 Å². The summed E-state index contributed by atoms with van der Waals surface area (Å²) < 4.78 is 5.02. The molecule has 6 nitrogen and oxygen atoms in total. The van der Waals surface area contributed by atoms with Gasteiger partial charge in [-0.05, 0) is 26.7 Å². The average Bonchev–Trinajstić information content (AvgIpc) is 2.38. The third kappa shape index (κ3) is 4.38. The highest BCUT2D eigenvalue weighted by Gasteiger charge is 2.29. The normalized spacial score (nSPS) is 16.7. The van der Waals surface area contributed by atoms with Crippen molar-refractivity contribution in [2.75, 3.05) is 33.4 Å². The molecule has 1 N–H and O–H groups in total. The number of carboxylic acid groups (broad SMARTS) is 1. The van der Waals surface area contributed by atoms with Crippen molar-refractivity contribution in [3.8, 4) is 0 Å². The number of amides is 2. The molecule has 0 radical (unpaired) electrons. The number of urea groups is 1. The lowest BCUT2D eigenvalue weighted by atomic mass is 9.97. The molecule has 2 amide bonds. The van der Waals surface area contributed by atoms with Crippen LogP contribution in [0.2, 0.25) is 0 Å². The summed E-state index contributed by atoms with van der Waals surface area (Å²) in [6, 6.07) is 0.0933. The molecule has 0 bridgehead atoms. The number of piperidine rings is 1. The third-order valence-corrected chi connectivity index (χ3v) is 3.52. The molecule has 110 valence electrons. The number of aliphatic carboxylic acids is 1. The van der Waals surface area contributed by atoms with Crippen molar-refractivity contribution in [2.24, 2.45) is 5.92 Å². The molecular formula is C13H24N2O4.